The van der Waals surface area contributed by atoms with E-state index >= 15 is 0 Å². The number of hydrogen-bond donors (Lipinski definition) is 0. The van der Waals surface area contributed by atoms with E-state index in [1.807, 2.05) is 0 Å². The Balaban J connectivity index is 0.931. The summed E-state index contributed by atoms with van der Waals surface area (Å²) >= 11 is 6.72. The molecule has 72 heavy (non-hydrogen) atoms. The molecule has 2 nitrogen and oxygen atoms in total. The summed E-state index contributed by atoms with van der Waals surface area (Å²) in [6, 6.07) is 83.4. The number of para-hydroxylation sites is 3. The second-order valence-electron chi connectivity index (χ2n) is 20.9. The highest BCUT2D eigenvalue weighted by molar-refractivity contribution is 6.30. The number of fused-ring (bicyclic) bond motifs is 6. The van der Waals surface area contributed by atoms with Gasteiger partial charge < -0.3 is 9.13 Å². The van der Waals surface area contributed by atoms with E-state index in [9.17, 15) is 0 Å². The molecule has 0 saturated heterocycles. The van der Waals surface area contributed by atoms with Crippen LogP contribution in [0.2, 0.25) is 5.02 Å². The van der Waals surface area contributed by atoms with E-state index in [0.29, 0.717) is 11.8 Å². The second kappa shape index (κ2) is 16.6. The van der Waals surface area contributed by atoms with Gasteiger partial charge in [-0.2, -0.15) is 0 Å². The van der Waals surface area contributed by atoms with Crippen molar-refractivity contribution in [3.05, 3.63) is 241 Å². The van der Waals surface area contributed by atoms with Crippen molar-refractivity contribution in [2.24, 2.45) is 11.8 Å². The minimum Gasteiger partial charge on any atom is -0.309 e. The summed E-state index contributed by atoms with van der Waals surface area (Å²) in [6.07, 6.45) is 6.54. The van der Waals surface area contributed by atoms with Crippen LogP contribution in [0, 0.1) is 11.8 Å². The minimum atomic E-state index is 0.532. The molecule has 344 valence electrons. The number of aromatic nitrogens is 2. The zero-order valence-electron chi connectivity index (χ0n) is 40.0. The molecule has 0 radical (unpaired) electrons. The number of hydrogen-bond acceptors (Lipinski definition) is 0. The van der Waals surface area contributed by atoms with E-state index in [2.05, 4.69) is 234 Å². The summed E-state index contributed by atoms with van der Waals surface area (Å²) in [5.74, 6) is 2.64. The molecule has 12 aromatic rings. The largest absolute Gasteiger partial charge is 0.309 e. The van der Waals surface area contributed by atoms with Crippen LogP contribution in [0.1, 0.15) is 55.1 Å². The highest BCUT2D eigenvalue weighted by Crippen LogP contribution is 2.63. The number of halogens is 1. The van der Waals surface area contributed by atoms with Gasteiger partial charge in [0.15, 0.2) is 0 Å². The van der Waals surface area contributed by atoms with Crippen LogP contribution in [0.5, 0.6) is 0 Å². The van der Waals surface area contributed by atoms with Gasteiger partial charge in [0.05, 0.1) is 22.1 Å². The van der Waals surface area contributed by atoms with Crippen LogP contribution < -0.4 is 0 Å². The van der Waals surface area contributed by atoms with Gasteiger partial charge in [0.25, 0.3) is 0 Å². The predicted octanol–water partition coefficient (Wildman–Crippen LogP) is 19.3. The average molecular weight is 944 g/mol. The van der Waals surface area contributed by atoms with Gasteiger partial charge in [0.1, 0.15) is 0 Å². The summed E-state index contributed by atoms with van der Waals surface area (Å²) in [5.41, 5.74) is 23.3. The van der Waals surface area contributed by atoms with Crippen molar-refractivity contribution in [2.45, 2.75) is 43.9 Å². The normalized spacial score (nSPS) is 18.1. The summed E-state index contributed by atoms with van der Waals surface area (Å²) in [4.78, 5) is 0. The minimum absolute atomic E-state index is 0.532. The first-order valence-corrected chi connectivity index (χ1v) is 26.3. The van der Waals surface area contributed by atoms with Crippen molar-refractivity contribution in [3.63, 3.8) is 0 Å². The van der Waals surface area contributed by atoms with Gasteiger partial charge in [-0.3, -0.25) is 0 Å². The molecule has 2 saturated carbocycles. The van der Waals surface area contributed by atoms with E-state index in [-0.39, 0.29) is 0 Å². The Bertz CT molecular complexity index is 4060. The molecular weight excluding hydrogens is 892 g/mol. The van der Waals surface area contributed by atoms with Crippen LogP contribution in [0.3, 0.4) is 0 Å². The second-order valence-corrected chi connectivity index (χ2v) is 21.4. The molecule has 3 heteroatoms. The maximum atomic E-state index is 6.72. The smallest absolute Gasteiger partial charge is 0.0547 e. The lowest BCUT2D eigenvalue weighted by Crippen LogP contribution is -2.25. The van der Waals surface area contributed by atoms with Crippen LogP contribution in [-0.2, 0) is 0 Å². The van der Waals surface area contributed by atoms with Gasteiger partial charge in [0, 0.05) is 37.9 Å². The molecule has 0 spiro atoms. The highest BCUT2D eigenvalue weighted by Gasteiger charge is 2.45. The van der Waals surface area contributed by atoms with Gasteiger partial charge in [0.2, 0.25) is 0 Å². The number of rotatable bonds is 7. The lowest BCUT2D eigenvalue weighted by atomic mass is 9.66. The third-order valence-corrected chi connectivity index (χ3v) is 17.2. The fourth-order valence-electron chi connectivity index (χ4n) is 14.2. The lowest BCUT2D eigenvalue weighted by molar-refractivity contribution is 0.166. The molecule has 2 unspecified atom stereocenters. The Morgan fingerprint density at radius 2 is 0.694 bits per heavy atom. The first-order chi connectivity index (χ1) is 35.6. The molecule has 4 aliphatic carbocycles. The molecule has 2 fully saturated rings. The van der Waals surface area contributed by atoms with E-state index in [1.165, 1.54) is 137 Å². The van der Waals surface area contributed by atoms with Gasteiger partial charge in [-0.1, -0.05) is 169 Å². The molecule has 10 aromatic carbocycles. The van der Waals surface area contributed by atoms with E-state index < -0.39 is 0 Å². The van der Waals surface area contributed by atoms with Crippen LogP contribution in [-0.4, -0.2) is 9.13 Å². The Kier molecular flexibility index (Phi) is 9.64. The Morgan fingerprint density at radius 3 is 1.28 bits per heavy atom. The monoisotopic (exact) mass is 942 g/mol. The van der Waals surface area contributed by atoms with E-state index in [0.717, 1.165) is 22.5 Å². The van der Waals surface area contributed by atoms with E-state index in [4.69, 9.17) is 11.6 Å². The van der Waals surface area contributed by atoms with E-state index in [1.54, 1.807) is 11.1 Å². The molecule has 0 amide bonds. The zero-order chi connectivity index (χ0) is 47.4. The number of benzene rings is 10. The van der Waals surface area contributed by atoms with Gasteiger partial charge in [-0.15, -0.1) is 0 Å². The molecule has 2 heterocycles. The van der Waals surface area contributed by atoms with Crippen molar-refractivity contribution in [1.29, 1.82) is 0 Å². The molecule has 0 N–H and O–H groups in total. The lowest BCUT2D eigenvalue weighted by Gasteiger charge is -2.38. The van der Waals surface area contributed by atoms with Crippen LogP contribution >= 0.6 is 11.6 Å². The fraction of sp³-hybridized carbons (Fsp3) is 0.130. The summed E-state index contributed by atoms with van der Waals surface area (Å²) in [7, 11) is 0. The topological polar surface area (TPSA) is 9.86 Å². The molecule has 4 bridgehead atoms. The summed E-state index contributed by atoms with van der Waals surface area (Å²) in [6.45, 7) is 0. The molecule has 0 aliphatic heterocycles. The average Bonchev–Trinajstić information content (AvgIpc) is 3.88. The van der Waals surface area contributed by atoms with Crippen LogP contribution in [0.15, 0.2) is 224 Å². The number of nitrogens with zero attached hydrogens (tertiary/aromatic N) is 2. The van der Waals surface area contributed by atoms with Crippen molar-refractivity contribution in [2.75, 3.05) is 0 Å². The Hall–Kier alpha value is -7.91. The third kappa shape index (κ3) is 6.55. The first-order valence-electron chi connectivity index (χ1n) is 25.9. The standard InChI is InChI=1S/C69H51ClN2/c70-53-30-24-47(25-31-53)66-64(45-14-4-1-5-15-45)68-51-37-43-36-44(38-51)40-52(39-43)69(68)65(46-16-6-2-7-17-46)67(66)48-26-32-55(33-27-48)71-61-23-13-11-21-57(61)59-41-49(29-35-62(59)71)50-28-34-58-56-20-10-12-22-60(56)72(63(58)42-50)54-18-8-3-9-19-54/h1-35,41-44,51-52H,36-40H2. The molecule has 16 rings (SSSR count). The van der Waals surface area contributed by atoms with Crippen molar-refractivity contribution >= 4 is 55.2 Å². The van der Waals surface area contributed by atoms with Crippen molar-refractivity contribution in [3.8, 4) is 67.0 Å². The summed E-state index contributed by atoms with van der Waals surface area (Å²) < 4.78 is 4.87. The fourth-order valence-corrected chi connectivity index (χ4v) is 14.3. The van der Waals surface area contributed by atoms with Gasteiger partial charge >= 0.3 is 0 Å². The zero-order valence-corrected chi connectivity index (χ0v) is 40.7. The first kappa shape index (κ1) is 41.8. The maximum Gasteiger partial charge on any atom is 0.0547 e. The predicted molar refractivity (Wildman–Crippen MR) is 303 cm³/mol. The molecule has 2 atom stereocenters. The van der Waals surface area contributed by atoms with Crippen molar-refractivity contribution in [1.82, 2.24) is 9.13 Å². The van der Waals surface area contributed by atoms with Crippen LogP contribution in [0.4, 0.5) is 0 Å². The van der Waals surface area contributed by atoms with Crippen molar-refractivity contribution < 1.29 is 0 Å². The highest BCUT2D eigenvalue weighted by atomic mass is 35.5. The molecule has 4 aliphatic rings. The quantitative estimate of drug-likeness (QED) is 0.151. The summed E-state index contributed by atoms with van der Waals surface area (Å²) in [5, 5.41) is 5.77. The third-order valence-electron chi connectivity index (χ3n) is 16.9. The SMILES string of the molecule is Clc1ccc(-c2c(-c3ccc(-n4c5ccccc5c5cc(-c6ccc7c8ccccc8n(-c8ccccc8)c7c6)ccc54)cc3)c(-c3ccccc3)c3c(c2-c2ccccc2)C2CC4CC(C2)CC3C4)cc1. The molecule has 2 aromatic heterocycles. The van der Waals surface area contributed by atoms with Gasteiger partial charge in [-0.05, 0) is 189 Å². The maximum absolute atomic E-state index is 6.72. The molecular formula is C69H51ClN2. The Morgan fingerprint density at radius 1 is 0.292 bits per heavy atom. The van der Waals surface area contributed by atoms with Gasteiger partial charge in [-0.25, -0.2) is 0 Å². The Labute approximate surface area is 425 Å². The van der Waals surface area contributed by atoms with Crippen LogP contribution in [0.25, 0.3) is 111 Å².